The molecule has 0 saturated heterocycles. The standard InChI is InChI=1S/C16H16Cl2O2/c1-10(2)20-15-5-3-11(4-6-15)16(19)12-7-13(17)9-14(18)8-12/h3-10,16,19H,1-2H3. The molecule has 0 aromatic heterocycles. The molecule has 2 aromatic carbocycles. The van der Waals surface area contributed by atoms with Gasteiger partial charge in [0.05, 0.1) is 6.10 Å². The van der Waals surface area contributed by atoms with Crippen LogP contribution in [0.15, 0.2) is 42.5 Å². The summed E-state index contributed by atoms with van der Waals surface area (Å²) in [6.45, 7) is 3.94. The number of benzene rings is 2. The Balaban J connectivity index is 2.22. The van der Waals surface area contributed by atoms with Gasteiger partial charge in [-0.05, 0) is 55.3 Å². The van der Waals surface area contributed by atoms with Gasteiger partial charge in [0.25, 0.3) is 0 Å². The van der Waals surface area contributed by atoms with Crippen molar-refractivity contribution in [2.75, 3.05) is 0 Å². The molecule has 106 valence electrons. The maximum atomic E-state index is 10.4. The second-order valence-corrected chi connectivity index (χ2v) is 5.71. The summed E-state index contributed by atoms with van der Waals surface area (Å²) < 4.78 is 5.57. The van der Waals surface area contributed by atoms with Crippen molar-refractivity contribution < 1.29 is 9.84 Å². The lowest BCUT2D eigenvalue weighted by atomic mass is 10.0. The summed E-state index contributed by atoms with van der Waals surface area (Å²) in [6, 6.07) is 12.4. The average Bonchev–Trinajstić information content (AvgIpc) is 2.37. The van der Waals surface area contributed by atoms with Gasteiger partial charge in [-0.3, -0.25) is 0 Å². The molecule has 0 aliphatic heterocycles. The fourth-order valence-electron chi connectivity index (χ4n) is 1.93. The van der Waals surface area contributed by atoms with Crippen LogP contribution in [0.2, 0.25) is 10.0 Å². The number of aliphatic hydroxyl groups is 1. The zero-order chi connectivity index (χ0) is 14.7. The first-order valence-corrected chi connectivity index (χ1v) is 7.12. The van der Waals surface area contributed by atoms with Gasteiger partial charge in [0, 0.05) is 10.0 Å². The lowest BCUT2D eigenvalue weighted by molar-refractivity contribution is 0.219. The smallest absolute Gasteiger partial charge is 0.119 e. The third-order valence-electron chi connectivity index (χ3n) is 2.77. The topological polar surface area (TPSA) is 29.5 Å². The van der Waals surface area contributed by atoms with Crippen molar-refractivity contribution >= 4 is 23.2 Å². The van der Waals surface area contributed by atoms with E-state index in [1.54, 1.807) is 18.2 Å². The number of halogens is 2. The maximum Gasteiger partial charge on any atom is 0.119 e. The molecule has 0 spiro atoms. The fraction of sp³-hybridized carbons (Fsp3) is 0.250. The van der Waals surface area contributed by atoms with E-state index in [2.05, 4.69) is 0 Å². The van der Waals surface area contributed by atoms with E-state index in [0.29, 0.717) is 15.6 Å². The van der Waals surface area contributed by atoms with Crippen molar-refractivity contribution in [2.45, 2.75) is 26.1 Å². The summed E-state index contributed by atoms with van der Waals surface area (Å²) in [4.78, 5) is 0. The fourth-order valence-corrected chi connectivity index (χ4v) is 2.47. The van der Waals surface area contributed by atoms with E-state index in [9.17, 15) is 5.11 Å². The van der Waals surface area contributed by atoms with Crippen LogP contribution in [-0.4, -0.2) is 11.2 Å². The van der Waals surface area contributed by atoms with E-state index in [-0.39, 0.29) is 6.10 Å². The number of hydrogen-bond donors (Lipinski definition) is 1. The van der Waals surface area contributed by atoms with Gasteiger partial charge < -0.3 is 9.84 Å². The van der Waals surface area contributed by atoms with Gasteiger partial charge in [-0.2, -0.15) is 0 Å². The lowest BCUT2D eigenvalue weighted by Crippen LogP contribution is -2.06. The normalized spacial score (nSPS) is 12.5. The lowest BCUT2D eigenvalue weighted by Gasteiger charge is -2.14. The number of aliphatic hydroxyl groups excluding tert-OH is 1. The molecule has 0 aliphatic carbocycles. The van der Waals surface area contributed by atoms with Crippen molar-refractivity contribution in [1.29, 1.82) is 0 Å². The van der Waals surface area contributed by atoms with Crippen LogP contribution < -0.4 is 4.74 Å². The zero-order valence-electron chi connectivity index (χ0n) is 11.3. The van der Waals surface area contributed by atoms with Gasteiger partial charge in [0.2, 0.25) is 0 Å². The Morgan fingerprint density at radius 2 is 1.45 bits per heavy atom. The van der Waals surface area contributed by atoms with Crippen molar-refractivity contribution in [3.8, 4) is 5.75 Å². The number of ether oxygens (including phenoxy) is 1. The van der Waals surface area contributed by atoms with Gasteiger partial charge in [-0.25, -0.2) is 0 Å². The summed E-state index contributed by atoms with van der Waals surface area (Å²) in [5, 5.41) is 11.4. The molecule has 0 amide bonds. The summed E-state index contributed by atoms with van der Waals surface area (Å²) >= 11 is 11.9. The second-order valence-electron chi connectivity index (χ2n) is 4.84. The molecular weight excluding hydrogens is 295 g/mol. The highest BCUT2D eigenvalue weighted by Gasteiger charge is 2.12. The third-order valence-corrected chi connectivity index (χ3v) is 3.20. The average molecular weight is 311 g/mol. The van der Waals surface area contributed by atoms with Crippen LogP contribution in [0.3, 0.4) is 0 Å². The van der Waals surface area contributed by atoms with E-state index in [1.807, 2.05) is 38.1 Å². The molecule has 4 heteroatoms. The molecule has 1 N–H and O–H groups in total. The highest BCUT2D eigenvalue weighted by atomic mass is 35.5. The molecule has 1 unspecified atom stereocenters. The Labute approximate surface area is 128 Å². The highest BCUT2D eigenvalue weighted by Crippen LogP contribution is 2.28. The van der Waals surface area contributed by atoms with E-state index in [0.717, 1.165) is 11.3 Å². The van der Waals surface area contributed by atoms with Gasteiger partial charge in [0.15, 0.2) is 0 Å². The summed E-state index contributed by atoms with van der Waals surface area (Å²) in [7, 11) is 0. The van der Waals surface area contributed by atoms with Crippen molar-refractivity contribution in [1.82, 2.24) is 0 Å². The SMILES string of the molecule is CC(C)Oc1ccc(C(O)c2cc(Cl)cc(Cl)c2)cc1. The van der Waals surface area contributed by atoms with Crippen molar-refractivity contribution in [3.63, 3.8) is 0 Å². The number of rotatable bonds is 4. The predicted molar refractivity (Wildman–Crippen MR) is 82.7 cm³/mol. The molecular formula is C16H16Cl2O2. The van der Waals surface area contributed by atoms with E-state index < -0.39 is 6.10 Å². The quantitative estimate of drug-likeness (QED) is 0.873. The number of hydrogen-bond acceptors (Lipinski definition) is 2. The van der Waals surface area contributed by atoms with E-state index in [1.165, 1.54) is 0 Å². The maximum absolute atomic E-state index is 10.4. The monoisotopic (exact) mass is 310 g/mol. The zero-order valence-corrected chi connectivity index (χ0v) is 12.8. The van der Waals surface area contributed by atoms with E-state index >= 15 is 0 Å². The molecule has 0 heterocycles. The van der Waals surface area contributed by atoms with Crippen LogP contribution in [0.25, 0.3) is 0 Å². The van der Waals surface area contributed by atoms with Crippen LogP contribution >= 0.6 is 23.2 Å². The summed E-state index contributed by atoms with van der Waals surface area (Å²) in [6.07, 6.45) is -0.642. The Bertz CT molecular complexity index is 559. The van der Waals surface area contributed by atoms with Gasteiger partial charge in [-0.1, -0.05) is 35.3 Å². The molecule has 0 saturated carbocycles. The molecule has 0 fully saturated rings. The van der Waals surface area contributed by atoms with Gasteiger partial charge in [-0.15, -0.1) is 0 Å². The molecule has 20 heavy (non-hydrogen) atoms. The highest BCUT2D eigenvalue weighted by molar-refractivity contribution is 6.34. The molecule has 2 rings (SSSR count). The molecule has 1 atom stereocenters. The molecule has 0 bridgehead atoms. The molecule has 2 aromatic rings. The van der Waals surface area contributed by atoms with Crippen molar-refractivity contribution in [2.24, 2.45) is 0 Å². The van der Waals surface area contributed by atoms with Crippen LogP contribution in [-0.2, 0) is 0 Å². The minimum Gasteiger partial charge on any atom is -0.491 e. The Morgan fingerprint density at radius 3 is 1.95 bits per heavy atom. The van der Waals surface area contributed by atoms with Crippen LogP contribution in [0.5, 0.6) is 5.75 Å². The first kappa shape index (κ1) is 15.2. The van der Waals surface area contributed by atoms with Gasteiger partial charge >= 0.3 is 0 Å². The van der Waals surface area contributed by atoms with Gasteiger partial charge in [0.1, 0.15) is 11.9 Å². The van der Waals surface area contributed by atoms with Crippen LogP contribution in [0, 0.1) is 0 Å². The summed E-state index contributed by atoms with van der Waals surface area (Å²) in [5.74, 6) is 0.778. The third kappa shape index (κ3) is 3.89. The Morgan fingerprint density at radius 1 is 0.900 bits per heavy atom. The van der Waals surface area contributed by atoms with Crippen LogP contribution in [0.1, 0.15) is 31.1 Å². The largest absolute Gasteiger partial charge is 0.491 e. The molecule has 0 aliphatic rings. The van der Waals surface area contributed by atoms with E-state index in [4.69, 9.17) is 27.9 Å². The first-order chi connectivity index (χ1) is 9.45. The minimum absolute atomic E-state index is 0.123. The summed E-state index contributed by atoms with van der Waals surface area (Å²) in [5.41, 5.74) is 1.43. The minimum atomic E-state index is -0.765. The Kier molecular flexibility index (Phi) is 4.92. The Hall–Kier alpha value is -1.22. The predicted octanol–water partition coefficient (Wildman–Crippen LogP) is 4.86. The molecule has 0 radical (unpaired) electrons. The second kappa shape index (κ2) is 6.49. The van der Waals surface area contributed by atoms with Crippen molar-refractivity contribution in [3.05, 3.63) is 63.6 Å². The first-order valence-electron chi connectivity index (χ1n) is 6.36. The van der Waals surface area contributed by atoms with Crippen LogP contribution in [0.4, 0.5) is 0 Å². The molecule has 2 nitrogen and oxygen atoms in total.